The zero-order chi connectivity index (χ0) is 19.3. The molecule has 1 aliphatic heterocycles. The Morgan fingerprint density at radius 2 is 1.54 bits per heavy atom. The van der Waals surface area contributed by atoms with Crippen LogP contribution in [-0.4, -0.2) is 38.5 Å². The number of amides is 1. The summed E-state index contributed by atoms with van der Waals surface area (Å²) in [5.41, 5.74) is 1.16. The van der Waals surface area contributed by atoms with Crippen molar-refractivity contribution in [2.45, 2.75) is 18.7 Å². The number of hydrogen-bond acceptors (Lipinski definition) is 4. The van der Waals surface area contributed by atoms with E-state index in [0.29, 0.717) is 17.9 Å². The standard InChI is InChI=1S/C16H16N2O3S.C2H4O2/c1-2-17-14-10-6-7-11-15(14)18(12-16(17)19)22(20,21)13-8-4-3-5-9-13;1-2(3)4/h3-11H,2,12H2,1H3;1H3,(H,3,4). The predicted octanol–water partition coefficient (Wildman–Crippen LogP) is 2.34. The minimum Gasteiger partial charge on any atom is -0.481 e. The molecule has 0 bridgehead atoms. The Bertz CT molecular complexity index is 893. The van der Waals surface area contributed by atoms with Gasteiger partial charge in [0.2, 0.25) is 5.91 Å². The molecule has 2 aromatic rings. The number of fused-ring (bicyclic) bond motifs is 1. The monoisotopic (exact) mass is 376 g/mol. The molecule has 0 aromatic heterocycles. The maximum atomic E-state index is 12.8. The van der Waals surface area contributed by atoms with Crippen molar-refractivity contribution >= 4 is 33.3 Å². The van der Waals surface area contributed by atoms with Crippen molar-refractivity contribution < 1.29 is 23.1 Å². The summed E-state index contributed by atoms with van der Waals surface area (Å²) < 4.78 is 26.9. The first kappa shape index (κ1) is 19.5. The third kappa shape index (κ3) is 4.02. The molecule has 3 rings (SSSR count). The Morgan fingerprint density at radius 1 is 1.04 bits per heavy atom. The van der Waals surface area contributed by atoms with Gasteiger partial charge in [0.1, 0.15) is 6.54 Å². The lowest BCUT2D eigenvalue weighted by Crippen LogP contribution is -2.48. The van der Waals surface area contributed by atoms with E-state index >= 15 is 0 Å². The van der Waals surface area contributed by atoms with Gasteiger partial charge in [0.15, 0.2) is 0 Å². The zero-order valence-electron chi connectivity index (χ0n) is 14.5. The molecule has 0 unspecified atom stereocenters. The Kier molecular flexibility index (Phi) is 5.99. The van der Waals surface area contributed by atoms with Crippen LogP contribution in [0.15, 0.2) is 59.5 Å². The van der Waals surface area contributed by atoms with E-state index in [-0.39, 0.29) is 17.3 Å². The van der Waals surface area contributed by atoms with Gasteiger partial charge in [-0.25, -0.2) is 8.42 Å². The van der Waals surface area contributed by atoms with E-state index in [1.165, 1.54) is 16.4 Å². The molecule has 0 atom stereocenters. The number of anilines is 2. The van der Waals surface area contributed by atoms with Gasteiger partial charge in [-0.3, -0.25) is 13.9 Å². The maximum absolute atomic E-state index is 12.8. The number of aliphatic carboxylic acids is 1. The summed E-state index contributed by atoms with van der Waals surface area (Å²) in [6.45, 7) is 3.28. The Hall–Kier alpha value is -2.87. The Balaban J connectivity index is 0.000000552. The van der Waals surface area contributed by atoms with E-state index in [2.05, 4.69) is 0 Å². The Morgan fingerprint density at radius 3 is 2.08 bits per heavy atom. The average Bonchev–Trinajstić information content (AvgIpc) is 2.61. The SMILES string of the molecule is CC(=O)O.CCN1C(=O)CN(S(=O)(=O)c2ccccc2)c2ccccc21. The van der Waals surface area contributed by atoms with Crippen molar-refractivity contribution in [3.63, 3.8) is 0 Å². The number of sulfonamides is 1. The predicted molar refractivity (Wildman–Crippen MR) is 98.8 cm³/mol. The second kappa shape index (κ2) is 8.01. The molecule has 0 fully saturated rings. The molecule has 1 amide bonds. The van der Waals surface area contributed by atoms with E-state index in [4.69, 9.17) is 9.90 Å². The molecule has 0 aliphatic carbocycles. The number of carboxylic acids is 1. The van der Waals surface area contributed by atoms with Gasteiger partial charge in [-0.1, -0.05) is 30.3 Å². The van der Waals surface area contributed by atoms with E-state index in [9.17, 15) is 13.2 Å². The van der Waals surface area contributed by atoms with Gasteiger partial charge < -0.3 is 10.0 Å². The smallest absolute Gasteiger partial charge is 0.300 e. The van der Waals surface area contributed by atoms with Gasteiger partial charge in [-0.05, 0) is 31.2 Å². The van der Waals surface area contributed by atoms with Gasteiger partial charge in [0.25, 0.3) is 16.0 Å². The Labute approximate surface area is 152 Å². The number of rotatable bonds is 3. The third-order valence-electron chi connectivity index (χ3n) is 3.67. The minimum absolute atomic E-state index is 0.178. The summed E-state index contributed by atoms with van der Waals surface area (Å²) in [6, 6.07) is 15.2. The number of carbonyl (C=O) groups excluding carboxylic acids is 1. The van der Waals surface area contributed by atoms with Crippen LogP contribution in [-0.2, 0) is 19.6 Å². The van der Waals surface area contributed by atoms with Gasteiger partial charge in [-0.15, -0.1) is 0 Å². The van der Waals surface area contributed by atoms with Gasteiger partial charge in [-0.2, -0.15) is 0 Å². The van der Waals surface area contributed by atoms with Crippen LogP contribution in [0.4, 0.5) is 11.4 Å². The van der Waals surface area contributed by atoms with Gasteiger partial charge in [0, 0.05) is 13.5 Å². The molecule has 1 heterocycles. The van der Waals surface area contributed by atoms with Crippen LogP contribution in [0.2, 0.25) is 0 Å². The van der Waals surface area contributed by atoms with Crippen LogP contribution in [0.3, 0.4) is 0 Å². The molecule has 8 heteroatoms. The summed E-state index contributed by atoms with van der Waals surface area (Å²) >= 11 is 0. The van der Waals surface area contributed by atoms with Crippen LogP contribution in [0.25, 0.3) is 0 Å². The molecule has 0 saturated heterocycles. The van der Waals surface area contributed by atoms with Gasteiger partial charge >= 0.3 is 0 Å². The number of carbonyl (C=O) groups is 2. The zero-order valence-corrected chi connectivity index (χ0v) is 15.3. The number of para-hydroxylation sites is 2. The van der Waals surface area contributed by atoms with Crippen molar-refractivity contribution in [2.75, 3.05) is 22.3 Å². The molecular weight excluding hydrogens is 356 g/mol. The van der Waals surface area contributed by atoms with Crippen molar-refractivity contribution in [1.82, 2.24) is 0 Å². The van der Waals surface area contributed by atoms with Crippen LogP contribution >= 0.6 is 0 Å². The van der Waals surface area contributed by atoms with Crippen LogP contribution < -0.4 is 9.21 Å². The molecule has 0 saturated carbocycles. The number of benzene rings is 2. The summed E-state index contributed by atoms with van der Waals surface area (Å²) in [6.07, 6.45) is 0. The van der Waals surface area contributed by atoms with E-state index in [1.54, 1.807) is 47.4 Å². The molecule has 0 radical (unpaired) electrons. The highest BCUT2D eigenvalue weighted by atomic mass is 32.2. The quantitative estimate of drug-likeness (QED) is 0.887. The summed E-state index contributed by atoms with van der Waals surface area (Å²) in [4.78, 5) is 23.1. The molecule has 1 aliphatic rings. The first-order valence-electron chi connectivity index (χ1n) is 7.95. The molecular formula is C18H20N2O5S. The lowest BCUT2D eigenvalue weighted by molar-refractivity contribution is -0.134. The largest absolute Gasteiger partial charge is 0.481 e. The second-order valence-corrected chi connectivity index (χ2v) is 7.33. The topological polar surface area (TPSA) is 95.0 Å². The highest BCUT2D eigenvalue weighted by molar-refractivity contribution is 7.92. The average molecular weight is 376 g/mol. The van der Waals surface area contributed by atoms with Crippen molar-refractivity contribution in [2.24, 2.45) is 0 Å². The number of likely N-dealkylation sites (N-methyl/N-ethyl adjacent to an activating group) is 1. The van der Waals surface area contributed by atoms with E-state index < -0.39 is 16.0 Å². The fourth-order valence-electron chi connectivity index (χ4n) is 2.61. The minimum atomic E-state index is -3.75. The highest BCUT2D eigenvalue weighted by Crippen LogP contribution is 2.36. The van der Waals surface area contributed by atoms with Crippen molar-refractivity contribution in [3.05, 3.63) is 54.6 Å². The molecule has 26 heavy (non-hydrogen) atoms. The molecule has 1 N–H and O–H groups in total. The maximum Gasteiger partial charge on any atom is 0.300 e. The van der Waals surface area contributed by atoms with E-state index in [0.717, 1.165) is 6.92 Å². The van der Waals surface area contributed by atoms with Crippen LogP contribution in [0.1, 0.15) is 13.8 Å². The fraction of sp³-hybridized carbons (Fsp3) is 0.222. The number of hydrogen-bond donors (Lipinski definition) is 1. The first-order chi connectivity index (χ1) is 12.3. The lowest BCUT2D eigenvalue weighted by atomic mass is 10.2. The lowest BCUT2D eigenvalue weighted by Gasteiger charge is -2.36. The van der Waals surface area contributed by atoms with Gasteiger partial charge in [0.05, 0.1) is 16.3 Å². The normalized spacial score (nSPS) is 13.5. The van der Waals surface area contributed by atoms with Crippen LogP contribution in [0.5, 0.6) is 0 Å². The number of carboxylic acid groups (broad SMARTS) is 1. The molecule has 2 aromatic carbocycles. The summed E-state index contributed by atoms with van der Waals surface area (Å²) in [5.74, 6) is -1.05. The first-order valence-corrected chi connectivity index (χ1v) is 9.39. The summed E-state index contributed by atoms with van der Waals surface area (Å²) in [5, 5.41) is 7.42. The van der Waals surface area contributed by atoms with Crippen molar-refractivity contribution in [3.8, 4) is 0 Å². The highest BCUT2D eigenvalue weighted by Gasteiger charge is 2.35. The fourth-order valence-corrected chi connectivity index (χ4v) is 4.06. The molecule has 138 valence electrons. The molecule has 7 nitrogen and oxygen atoms in total. The third-order valence-corrected chi connectivity index (χ3v) is 5.44. The number of nitrogens with zero attached hydrogens (tertiary/aromatic N) is 2. The van der Waals surface area contributed by atoms with Crippen molar-refractivity contribution in [1.29, 1.82) is 0 Å². The second-order valence-electron chi connectivity index (χ2n) is 5.47. The summed E-state index contributed by atoms with van der Waals surface area (Å²) in [7, 11) is -3.75. The van der Waals surface area contributed by atoms with E-state index in [1.807, 2.05) is 6.92 Å². The van der Waals surface area contributed by atoms with Crippen LogP contribution in [0, 0.1) is 0 Å². The molecule has 0 spiro atoms.